The summed E-state index contributed by atoms with van der Waals surface area (Å²) in [5.41, 5.74) is 6.04. The molecule has 1 saturated carbocycles. The molecule has 1 saturated heterocycles. The first-order chi connectivity index (χ1) is 8.58. The van der Waals surface area contributed by atoms with Crippen molar-refractivity contribution in [2.45, 2.75) is 51.6 Å². The molecule has 1 atom stereocenters. The predicted octanol–water partition coefficient (Wildman–Crippen LogP) is 2.13. The summed E-state index contributed by atoms with van der Waals surface area (Å²) >= 11 is 0. The number of nitrogens with zero attached hydrogens (tertiary/aromatic N) is 3. The third-order valence-electron chi connectivity index (χ3n) is 4.02. The topological polar surface area (TPSA) is 44.9 Å². The van der Waals surface area contributed by atoms with Gasteiger partial charge in [0.15, 0.2) is 5.96 Å². The van der Waals surface area contributed by atoms with Crippen LogP contribution in [0.3, 0.4) is 0 Å². The Hall–Kier alpha value is -0.0400. The quantitative estimate of drug-likeness (QED) is 0.452. The lowest BCUT2D eigenvalue weighted by molar-refractivity contribution is 0.231. The molecule has 0 aromatic carbocycles. The number of guanidine groups is 1. The molecule has 5 heteroatoms. The van der Waals surface area contributed by atoms with Crippen LogP contribution in [0.1, 0.15) is 39.5 Å². The monoisotopic (exact) mass is 380 g/mol. The number of aliphatic imine (C=N–C) groups is 1. The van der Waals surface area contributed by atoms with E-state index in [1.807, 2.05) is 0 Å². The molecule has 1 aliphatic carbocycles. The highest BCUT2D eigenvalue weighted by Crippen LogP contribution is 2.25. The standard InChI is InChI=1S/C14H28N4.HI/c1-11(2)10-18-8-4-5-13(18)9-16-14(15)17(3)12-6-7-12;/h11-13H,4-10H2,1-3H3,(H2,15,16);1H/t13-;/m1./s1. The molecule has 0 unspecified atom stereocenters. The average Bonchev–Trinajstić information content (AvgIpc) is 3.07. The summed E-state index contributed by atoms with van der Waals surface area (Å²) in [7, 11) is 2.07. The van der Waals surface area contributed by atoms with Gasteiger partial charge in [0.2, 0.25) is 0 Å². The van der Waals surface area contributed by atoms with Crippen molar-refractivity contribution in [3.05, 3.63) is 0 Å². The molecule has 19 heavy (non-hydrogen) atoms. The number of likely N-dealkylation sites (tertiary alicyclic amines) is 1. The van der Waals surface area contributed by atoms with E-state index < -0.39 is 0 Å². The maximum atomic E-state index is 6.04. The van der Waals surface area contributed by atoms with E-state index in [9.17, 15) is 0 Å². The molecular weight excluding hydrogens is 351 g/mol. The highest BCUT2D eigenvalue weighted by molar-refractivity contribution is 14.0. The van der Waals surface area contributed by atoms with Crippen molar-refractivity contribution in [3.63, 3.8) is 0 Å². The van der Waals surface area contributed by atoms with Gasteiger partial charge in [-0.15, -0.1) is 24.0 Å². The van der Waals surface area contributed by atoms with Gasteiger partial charge in [0.05, 0.1) is 6.54 Å². The van der Waals surface area contributed by atoms with Crippen LogP contribution < -0.4 is 5.73 Å². The maximum Gasteiger partial charge on any atom is 0.191 e. The van der Waals surface area contributed by atoms with E-state index in [0.717, 1.165) is 18.4 Å². The highest BCUT2D eigenvalue weighted by Gasteiger charge is 2.28. The van der Waals surface area contributed by atoms with E-state index in [-0.39, 0.29) is 24.0 Å². The zero-order chi connectivity index (χ0) is 13.1. The Bertz CT molecular complexity index is 302. The molecule has 0 aromatic heterocycles. The van der Waals surface area contributed by atoms with Gasteiger partial charge in [-0.1, -0.05) is 13.8 Å². The van der Waals surface area contributed by atoms with E-state index in [2.05, 4.69) is 35.7 Å². The Morgan fingerprint density at radius 1 is 1.37 bits per heavy atom. The highest BCUT2D eigenvalue weighted by atomic mass is 127. The first kappa shape index (κ1) is 17.0. The molecule has 2 rings (SSSR count). The molecule has 4 nitrogen and oxygen atoms in total. The first-order valence-electron chi connectivity index (χ1n) is 7.34. The van der Waals surface area contributed by atoms with Crippen LogP contribution in [0.5, 0.6) is 0 Å². The Kier molecular flexibility index (Phi) is 6.86. The molecule has 0 spiro atoms. The molecular formula is C14H29IN4. The summed E-state index contributed by atoms with van der Waals surface area (Å²) in [5.74, 6) is 1.47. The van der Waals surface area contributed by atoms with Crippen molar-refractivity contribution < 1.29 is 0 Å². The van der Waals surface area contributed by atoms with E-state index in [1.54, 1.807) is 0 Å². The van der Waals surface area contributed by atoms with Gasteiger partial charge in [-0.3, -0.25) is 9.89 Å². The normalized spacial score (nSPS) is 24.6. The lowest BCUT2D eigenvalue weighted by atomic mass is 10.2. The van der Waals surface area contributed by atoms with Crippen LogP contribution in [-0.4, -0.2) is 54.5 Å². The number of halogens is 1. The van der Waals surface area contributed by atoms with Gasteiger partial charge >= 0.3 is 0 Å². The summed E-state index contributed by atoms with van der Waals surface area (Å²) in [6.45, 7) is 7.87. The fourth-order valence-corrected chi connectivity index (χ4v) is 2.77. The van der Waals surface area contributed by atoms with Gasteiger partial charge < -0.3 is 10.6 Å². The molecule has 0 radical (unpaired) electrons. The second kappa shape index (κ2) is 7.67. The molecule has 2 aliphatic rings. The van der Waals surface area contributed by atoms with Crippen LogP contribution in [0.2, 0.25) is 0 Å². The zero-order valence-electron chi connectivity index (χ0n) is 12.5. The smallest absolute Gasteiger partial charge is 0.191 e. The molecule has 0 amide bonds. The minimum absolute atomic E-state index is 0. The number of hydrogen-bond donors (Lipinski definition) is 1. The van der Waals surface area contributed by atoms with E-state index in [4.69, 9.17) is 5.73 Å². The summed E-state index contributed by atoms with van der Waals surface area (Å²) < 4.78 is 0. The Morgan fingerprint density at radius 3 is 2.63 bits per heavy atom. The van der Waals surface area contributed by atoms with Crippen LogP contribution in [0.4, 0.5) is 0 Å². The average molecular weight is 380 g/mol. The van der Waals surface area contributed by atoms with Gasteiger partial charge in [-0.05, 0) is 38.1 Å². The first-order valence-corrected chi connectivity index (χ1v) is 7.34. The van der Waals surface area contributed by atoms with Gasteiger partial charge in [0, 0.05) is 25.7 Å². The van der Waals surface area contributed by atoms with Crippen LogP contribution in [-0.2, 0) is 0 Å². The van der Waals surface area contributed by atoms with E-state index >= 15 is 0 Å². The van der Waals surface area contributed by atoms with Gasteiger partial charge in [-0.25, -0.2) is 0 Å². The van der Waals surface area contributed by atoms with Crippen molar-refractivity contribution in [2.75, 3.05) is 26.7 Å². The molecule has 112 valence electrons. The number of hydrogen-bond acceptors (Lipinski definition) is 2. The fraction of sp³-hybridized carbons (Fsp3) is 0.929. The van der Waals surface area contributed by atoms with Gasteiger partial charge in [-0.2, -0.15) is 0 Å². The lowest BCUT2D eigenvalue weighted by Crippen LogP contribution is -2.38. The number of rotatable bonds is 5. The summed E-state index contributed by atoms with van der Waals surface area (Å²) in [4.78, 5) is 9.33. The van der Waals surface area contributed by atoms with Crippen molar-refractivity contribution in [2.24, 2.45) is 16.6 Å². The third kappa shape index (κ3) is 5.10. The zero-order valence-corrected chi connectivity index (χ0v) is 14.8. The minimum Gasteiger partial charge on any atom is -0.370 e. The molecule has 0 bridgehead atoms. The largest absolute Gasteiger partial charge is 0.370 e. The third-order valence-corrected chi connectivity index (χ3v) is 4.02. The lowest BCUT2D eigenvalue weighted by Gasteiger charge is -2.25. The minimum atomic E-state index is 0. The molecule has 0 aromatic rings. The molecule has 1 heterocycles. The summed E-state index contributed by atoms with van der Waals surface area (Å²) in [5, 5.41) is 0. The van der Waals surface area contributed by atoms with Crippen LogP contribution in [0.25, 0.3) is 0 Å². The SMILES string of the molecule is CC(C)CN1CCC[C@@H]1CN=C(N)N(C)C1CC1.I. The predicted molar refractivity (Wildman–Crippen MR) is 92.1 cm³/mol. The molecule has 1 aliphatic heterocycles. The van der Waals surface area contributed by atoms with Crippen molar-refractivity contribution in [1.82, 2.24) is 9.80 Å². The van der Waals surface area contributed by atoms with Crippen LogP contribution in [0, 0.1) is 5.92 Å². The second-order valence-electron chi connectivity index (χ2n) is 6.23. The second-order valence-corrected chi connectivity index (χ2v) is 6.23. The summed E-state index contributed by atoms with van der Waals surface area (Å²) in [6.07, 6.45) is 5.13. The van der Waals surface area contributed by atoms with Crippen LogP contribution >= 0.6 is 24.0 Å². The molecule has 2 fully saturated rings. The van der Waals surface area contributed by atoms with Crippen molar-refractivity contribution in [3.8, 4) is 0 Å². The Labute approximate surface area is 134 Å². The number of nitrogens with two attached hydrogens (primary N) is 1. The van der Waals surface area contributed by atoms with Crippen molar-refractivity contribution in [1.29, 1.82) is 0 Å². The van der Waals surface area contributed by atoms with E-state index in [0.29, 0.717) is 12.1 Å². The van der Waals surface area contributed by atoms with Crippen molar-refractivity contribution >= 4 is 29.9 Å². The van der Waals surface area contributed by atoms with Crippen LogP contribution in [0.15, 0.2) is 4.99 Å². The van der Waals surface area contributed by atoms with E-state index in [1.165, 1.54) is 38.8 Å². The Balaban J connectivity index is 0.00000180. The Morgan fingerprint density at radius 2 is 2.05 bits per heavy atom. The van der Waals surface area contributed by atoms with Gasteiger partial charge in [0.25, 0.3) is 0 Å². The fourth-order valence-electron chi connectivity index (χ4n) is 2.77. The molecule has 2 N–H and O–H groups in total. The maximum absolute atomic E-state index is 6.04. The summed E-state index contributed by atoms with van der Waals surface area (Å²) in [6, 6.07) is 1.27. The van der Waals surface area contributed by atoms with Gasteiger partial charge in [0.1, 0.15) is 0 Å².